The van der Waals surface area contributed by atoms with E-state index in [1.165, 1.54) is 5.56 Å². The van der Waals surface area contributed by atoms with Crippen molar-refractivity contribution < 1.29 is 4.79 Å². The van der Waals surface area contributed by atoms with Crippen LogP contribution in [0.1, 0.15) is 42.4 Å². The van der Waals surface area contributed by atoms with Gasteiger partial charge in [0.2, 0.25) is 5.91 Å². The number of benzene rings is 1. The summed E-state index contributed by atoms with van der Waals surface area (Å²) >= 11 is 0. The van der Waals surface area contributed by atoms with Crippen molar-refractivity contribution in [2.75, 3.05) is 13.1 Å². The molecule has 5 heteroatoms. The molecule has 29 heavy (non-hydrogen) atoms. The molecule has 150 valence electrons. The van der Waals surface area contributed by atoms with Crippen molar-refractivity contribution in [2.45, 2.75) is 38.6 Å². The number of likely N-dealkylation sites (tertiary alicyclic amines) is 1. The number of hydrogen-bond acceptors (Lipinski definition) is 4. The number of amides is 1. The molecule has 0 saturated carbocycles. The Bertz CT molecular complexity index is 989. The number of hydrogen-bond donors (Lipinski definition) is 1. The SMILES string of the molecule is CC1C[C@H](c2ccc(CN)c3ncccc23)CN(C(=O)CCc2cccnc2)C1. The van der Waals surface area contributed by atoms with Crippen LogP contribution in [0.25, 0.3) is 10.9 Å². The number of pyridine rings is 2. The Morgan fingerprint density at radius 1 is 1.17 bits per heavy atom. The van der Waals surface area contributed by atoms with Gasteiger partial charge in [0.25, 0.3) is 0 Å². The van der Waals surface area contributed by atoms with Crippen LogP contribution >= 0.6 is 0 Å². The van der Waals surface area contributed by atoms with Crippen LogP contribution < -0.4 is 5.73 Å². The Labute approximate surface area is 172 Å². The summed E-state index contributed by atoms with van der Waals surface area (Å²) < 4.78 is 0. The third-order valence-corrected chi connectivity index (χ3v) is 5.91. The maximum atomic E-state index is 12.9. The summed E-state index contributed by atoms with van der Waals surface area (Å²) in [5, 5.41) is 1.16. The van der Waals surface area contributed by atoms with Crippen molar-refractivity contribution >= 4 is 16.8 Å². The highest BCUT2D eigenvalue weighted by atomic mass is 16.2. The van der Waals surface area contributed by atoms with Crippen molar-refractivity contribution in [2.24, 2.45) is 11.7 Å². The molecule has 1 aromatic carbocycles. The highest BCUT2D eigenvalue weighted by Gasteiger charge is 2.29. The normalized spacial score (nSPS) is 19.4. The lowest BCUT2D eigenvalue weighted by Gasteiger charge is -2.37. The Kier molecular flexibility index (Phi) is 5.86. The first-order valence-electron chi connectivity index (χ1n) is 10.4. The van der Waals surface area contributed by atoms with Crippen LogP contribution in [-0.2, 0) is 17.8 Å². The van der Waals surface area contributed by atoms with E-state index in [1.807, 2.05) is 35.5 Å². The summed E-state index contributed by atoms with van der Waals surface area (Å²) in [6.45, 7) is 4.32. The lowest BCUT2D eigenvalue weighted by atomic mass is 9.83. The van der Waals surface area contributed by atoms with Gasteiger partial charge >= 0.3 is 0 Å². The molecule has 1 fully saturated rings. The minimum Gasteiger partial charge on any atom is -0.342 e. The van der Waals surface area contributed by atoms with E-state index in [0.717, 1.165) is 48.0 Å². The second-order valence-corrected chi connectivity index (χ2v) is 8.12. The molecule has 2 aromatic heterocycles. The first-order valence-corrected chi connectivity index (χ1v) is 10.4. The molecule has 0 aliphatic carbocycles. The fourth-order valence-electron chi connectivity index (χ4n) is 4.51. The molecule has 3 aromatic rings. The zero-order valence-electron chi connectivity index (χ0n) is 16.9. The summed E-state index contributed by atoms with van der Waals surface area (Å²) in [6, 6.07) is 12.3. The highest BCUT2D eigenvalue weighted by molar-refractivity contribution is 5.86. The van der Waals surface area contributed by atoms with E-state index >= 15 is 0 Å². The molecular formula is C24H28N4O. The van der Waals surface area contributed by atoms with Crippen molar-refractivity contribution in [1.29, 1.82) is 0 Å². The fourth-order valence-corrected chi connectivity index (χ4v) is 4.51. The third-order valence-electron chi connectivity index (χ3n) is 5.91. The summed E-state index contributed by atoms with van der Waals surface area (Å²) in [7, 11) is 0. The lowest BCUT2D eigenvalue weighted by Crippen LogP contribution is -2.42. The zero-order valence-corrected chi connectivity index (χ0v) is 16.9. The predicted molar refractivity (Wildman–Crippen MR) is 115 cm³/mol. The standard InChI is InChI=1S/C24H28N4O/c1-17-12-20(21-8-7-19(13-25)24-22(21)5-3-11-27-24)16-28(15-17)23(29)9-6-18-4-2-10-26-14-18/h2-5,7-8,10-11,14,17,20H,6,9,12-13,15-16,25H2,1H3/t17?,20-/m0/s1. The van der Waals surface area contributed by atoms with Crippen LogP contribution in [0.5, 0.6) is 0 Å². The molecule has 1 aliphatic rings. The van der Waals surface area contributed by atoms with Gasteiger partial charge in [-0.05, 0) is 47.6 Å². The molecule has 0 radical (unpaired) electrons. The summed E-state index contributed by atoms with van der Waals surface area (Å²) in [5.41, 5.74) is 10.4. The monoisotopic (exact) mass is 388 g/mol. The predicted octanol–water partition coefficient (Wildman–Crippen LogP) is 3.67. The second kappa shape index (κ2) is 8.70. The summed E-state index contributed by atoms with van der Waals surface area (Å²) in [5.74, 6) is 1.02. The van der Waals surface area contributed by atoms with Crippen molar-refractivity contribution in [1.82, 2.24) is 14.9 Å². The molecule has 1 amide bonds. The molecule has 4 rings (SSSR count). The van der Waals surface area contributed by atoms with Gasteiger partial charge in [0.15, 0.2) is 0 Å². The van der Waals surface area contributed by atoms with E-state index < -0.39 is 0 Å². The van der Waals surface area contributed by atoms with Crippen molar-refractivity contribution in [3.63, 3.8) is 0 Å². The smallest absolute Gasteiger partial charge is 0.222 e. The van der Waals surface area contributed by atoms with E-state index in [1.54, 1.807) is 6.20 Å². The van der Waals surface area contributed by atoms with Gasteiger partial charge in [-0.15, -0.1) is 0 Å². The molecule has 0 bridgehead atoms. The Morgan fingerprint density at radius 2 is 2.03 bits per heavy atom. The topological polar surface area (TPSA) is 72.1 Å². The van der Waals surface area contributed by atoms with Crippen molar-refractivity contribution in [3.8, 4) is 0 Å². The quantitative estimate of drug-likeness (QED) is 0.724. The largest absolute Gasteiger partial charge is 0.342 e. The van der Waals surface area contributed by atoms with Gasteiger partial charge in [-0.1, -0.05) is 31.2 Å². The van der Waals surface area contributed by atoms with E-state index in [4.69, 9.17) is 5.73 Å². The number of piperidine rings is 1. The molecule has 5 nitrogen and oxygen atoms in total. The maximum Gasteiger partial charge on any atom is 0.222 e. The Morgan fingerprint density at radius 3 is 2.83 bits per heavy atom. The second-order valence-electron chi connectivity index (χ2n) is 8.12. The van der Waals surface area contributed by atoms with Gasteiger partial charge < -0.3 is 10.6 Å². The number of aromatic nitrogens is 2. The van der Waals surface area contributed by atoms with Crippen LogP contribution in [0, 0.1) is 5.92 Å². The molecule has 1 unspecified atom stereocenters. The van der Waals surface area contributed by atoms with Crippen LogP contribution in [0.15, 0.2) is 55.0 Å². The lowest BCUT2D eigenvalue weighted by molar-refractivity contribution is -0.133. The van der Waals surface area contributed by atoms with Crippen LogP contribution in [0.2, 0.25) is 0 Å². The van der Waals surface area contributed by atoms with Gasteiger partial charge in [0, 0.05) is 55.9 Å². The van der Waals surface area contributed by atoms with Gasteiger partial charge in [0.05, 0.1) is 5.52 Å². The van der Waals surface area contributed by atoms with Gasteiger partial charge in [-0.25, -0.2) is 0 Å². The number of carbonyl (C=O) groups is 1. The maximum absolute atomic E-state index is 12.9. The number of carbonyl (C=O) groups excluding carboxylic acids is 1. The fraction of sp³-hybridized carbons (Fsp3) is 0.375. The highest BCUT2D eigenvalue weighted by Crippen LogP contribution is 2.35. The third kappa shape index (κ3) is 4.30. The molecule has 3 heterocycles. The van der Waals surface area contributed by atoms with E-state index in [-0.39, 0.29) is 5.91 Å². The molecular weight excluding hydrogens is 360 g/mol. The molecule has 2 N–H and O–H groups in total. The average Bonchev–Trinajstić information content (AvgIpc) is 2.77. The Balaban J connectivity index is 1.53. The summed E-state index contributed by atoms with van der Waals surface area (Å²) in [4.78, 5) is 23.7. The first-order chi connectivity index (χ1) is 14.2. The van der Waals surface area contributed by atoms with Crippen LogP contribution in [0.3, 0.4) is 0 Å². The first kappa shape index (κ1) is 19.5. The number of aryl methyl sites for hydroxylation is 1. The summed E-state index contributed by atoms with van der Waals surface area (Å²) in [6.07, 6.45) is 7.77. The molecule has 0 spiro atoms. The minimum atomic E-state index is 0.228. The molecule has 1 saturated heterocycles. The molecule has 1 aliphatic heterocycles. The Hall–Kier alpha value is -2.79. The van der Waals surface area contributed by atoms with Gasteiger partial charge in [-0.3, -0.25) is 14.8 Å². The van der Waals surface area contributed by atoms with Crippen molar-refractivity contribution in [3.05, 3.63) is 71.7 Å². The number of rotatable bonds is 5. The molecule has 2 atom stereocenters. The van der Waals surface area contributed by atoms with E-state index in [0.29, 0.717) is 24.8 Å². The number of nitrogens with zero attached hydrogens (tertiary/aromatic N) is 3. The van der Waals surface area contributed by atoms with Gasteiger partial charge in [0.1, 0.15) is 0 Å². The minimum absolute atomic E-state index is 0.228. The van der Waals surface area contributed by atoms with Gasteiger partial charge in [-0.2, -0.15) is 0 Å². The zero-order chi connectivity index (χ0) is 20.2. The number of nitrogens with two attached hydrogens (primary N) is 1. The average molecular weight is 389 g/mol. The van der Waals surface area contributed by atoms with E-state index in [9.17, 15) is 4.79 Å². The number of fused-ring (bicyclic) bond motifs is 1. The van der Waals surface area contributed by atoms with E-state index in [2.05, 4.69) is 35.1 Å². The van der Waals surface area contributed by atoms with Crippen LogP contribution in [-0.4, -0.2) is 33.9 Å². The van der Waals surface area contributed by atoms with Crippen LogP contribution in [0.4, 0.5) is 0 Å².